The molecule has 0 radical (unpaired) electrons. The Morgan fingerprint density at radius 1 is 1.15 bits per heavy atom. The van der Waals surface area contributed by atoms with Crippen LogP contribution in [0.25, 0.3) is 10.2 Å². The number of alkyl halides is 3. The highest BCUT2D eigenvalue weighted by Crippen LogP contribution is 2.40. The van der Waals surface area contributed by atoms with Gasteiger partial charge < -0.3 is 5.32 Å². The van der Waals surface area contributed by atoms with Gasteiger partial charge in [-0.15, -0.1) is 11.3 Å². The van der Waals surface area contributed by atoms with E-state index in [0.717, 1.165) is 41.6 Å². The molecule has 26 heavy (non-hydrogen) atoms. The fourth-order valence-corrected chi connectivity index (χ4v) is 4.91. The molecule has 2 aromatic heterocycles. The molecule has 0 amide bonds. The van der Waals surface area contributed by atoms with Crippen molar-refractivity contribution in [3.63, 3.8) is 0 Å². The highest BCUT2D eigenvalue weighted by atomic mass is 32.2. The lowest BCUT2D eigenvalue weighted by molar-refractivity contribution is -0.137. The van der Waals surface area contributed by atoms with Crippen LogP contribution in [0, 0.1) is 0 Å². The minimum Gasteiger partial charge on any atom is -0.340 e. The molecule has 3 nitrogen and oxygen atoms in total. The Labute approximate surface area is 157 Å². The van der Waals surface area contributed by atoms with E-state index >= 15 is 0 Å². The van der Waals surface area contributed by atoms with Crippen LogP contribution in [0.1, 0.15) is 28.8 Å². The van der Waals surface area contributed by atoms with Crippen molar-refractivity contribution >= 4 is 44.8 Å². The van der Waals surface area contributed by atoms with Crippen molar-refractivity contribution in [1.29, 1.82) is 0 Å². The van der Waals surface area contributed by atoms with Gasteiger partial charge in [-0.3, -0.25) is 0 Å². The average Bonchev–Trinajstić information content (AvgIpc) is 2.99. The standard InChI is InChI=1S/C18H16F3N3S2/c1-25-17-23-15(22-11-6-4-5-10(9-11)18(19,20)21)14-12-7-2-3-8-13(12)26-16(14)24-17/h4-6,9H,2-3,7-8H2,1H3,(H,22,23,24). The van der Waals surface area contributed by atoms with Crippen LogP contribution in [0.3, 0.4) is 0 Å². The second-order valence-electron chi connectivity index (χ2n) is 6.15. The normalized spacial score (nSPS) is 14.5. The number of halogens is 3. The van der Waals surface area contributed by atoms with Crippen molar-refractivity contribution in [3.8, 4) is 0 Å². The molecule has 8 heteroatoms. The van der Waals surface area contributed by atoms with E-state index in [1.54, 1.807) is 17.4 Å². The van der Waals surface area contributed by atoms with Gasteiger partial charge in [-0.25, -0.2) is 9.97 Å². The van der Waals surface area contributed by atoms with E-state index in [-0.39, 0.29) is 0 Å². The van der Waals surface area contributed by atoms with E-state index in [4.69, 9.17) is 0 Å². The summed E-state index contributed by atoms with van der Waals surface area (Å²) in [6.45, 7) is 0. The van der Waals surface area contributed by atoms with Gasteiger partial charge in [0.15, 0.2) is 5.16 Å². The molecular formula is C18H16F3N3S2. The number of rotatable bonds is 3. The minimum atomic E-state index is -4.37. The topological polar surface area (TPSA) is 37.8 Å². The largest absolute Gasteiger partial charge is 0.416 e. The van der Waals surface area contributed by atoms with Crippen LogP contribution in [0.4, 0.5) is 24.7 Å². The zero-order valence-electron chi connectivity index (χ0n) is 14.0. The maximum atomic E-state index is 13.0. The van der Waals surface area contributed by atoms with Crippen LogP contribution in [-0.2, 0) is 19.0 Å². The Kier molecular flexibility index (Phi) is 4.56. The van der Waals surface area contributed by atoms with Gasteiger partial charge in [0.05, 0.1) is 10.9 Å². The second-order valence-corrected chi connectivity index (χ2v) is 8.01. The van der Waals surface area contributed by atoms with E-state index < -0.39 is 11.7 Å². The maximum absolute atomic E-state index is 13.0. The monoisotopic (exact) mass is 395 g/mol. The van der Waals surface area contributed by atoms with Crippen molar-refractivity contribution in [3.05, 3.63) is 40.3 Å². The molecule has 0 unspecified atom stereocenters. The van der Waals surface area contributed by atoms with Crippen LogP contribution >= 0.6 is 23.1 Å². The van der Waals surface area contributed by atoms with Crippen molar-refractivity contribution < 1.29 is 13.2 Å². The SMILES string of the molecule is CSc1nc(Nc2cccc(C(F)(F)F)c2)c2c3c(sc2n1)CCCC3. The molecule has 0 spiro atoms. The van der Waals surface area contributed by atoms with Crippen LogP contribution in [0.2, 0.25) is 0 Å². The first-order valence-electron chi connectivity index (χ1n) is 8.26. The third kappa shape index (κ3) is 3.27. The Bertz CT molecular complexity index is 966. The van der Waals surface area contributed by atoms with E-state index in [1.807, 2.05) is 6.26 Å². The Morgan fingerprint density at radius 2 is 1.96 bits per heavy atom. The smallest absolute Gasteiger partial charge is 0.340 e. The van der Waals surface area contributed by atoms with Crippen molar-refractivity contribution in [1.82, 2.24) is 9.97 Å². The predicted molar refractivity (Wildman–Crippen MR) is 101 cm³/mol. The van der Waals surface area contributed by atoms with Gasteiger partial charge >= 0.3 is 6.18 Å². The Morgan fingerprint density at radius 3 is 2.73 bits per heavy atom. The zero-order valence-corrected chi connectivity index (χ0v) is 15.6. The van der Waals surface area contributed by atoms with E-state index in [9.17, 15) is 13.2 Å². The first-order valence-corrected chi connectivity index (χ1v) is 10.3. The van der Waals surface area contributed by atoms with Crippen LogP contribution < -0.4 is 5.32 Å². The Balaban J connectivity index is 1.82. The molecule has 0 atom stereocenters. The lowest BCUT2D eigenvalue weighted by Crippen LogP contribution is -2.06. The summed E-state index contributed by atoms with van der Waals surface area (Å²) in [5, 5.41) is 4.69. The van der Waals surface area contributed by atoms with E-state index in [0.29, 0.717) is 16.7 Å². The minimum absolute atomic E-state index is 0.377. The second kappa shape index (κ2) is 6.74. The first-order chi connectivity index (χ1) is 12.5. The number of nitrogens with one attached hydrogen (secondary N) is 1. The number of benzene rings is 1. The lowest BCUT2D eigenvalue weighted by Gasteiger charge is -2.14. The van der Waals surface area contributed by atoms with Crippen molar-refractivity contribution in [2.24, 2.45) is 0 Å². The van der Waals surface area contributed by atoms with Gasteiger partial charge in [-0.05, 0) is 55.7 Å². The van der Waals surface area contributed by atoms with Gasteiger partial charge in [0, 0.05) is 10.6 Å². The van der Waals surface area contributed by atoms with Crippen LogP contribution in [-0.4, -0.2) is 16.2 Å². The molecule has 2 heterocycles. The molecule has 0 bridgehead atoms. The number of hydrogen-bond acceptors (Lipinski definition) is 5. The number of aryl methyl sites for hydroxylation is 2. The van der Waals surface area contributed by atoms with E-state index in [1.165, 1.54) is 34.7 Å². The van der Waals surface area contributed by atoms with Gasteiger partial charge in [0.1, 0.15) is 10.6 Å². The third-order valence-corrected chi connectivity index (χ3v) is 6.16. The molecular weight excluding hydrogens is 379 g/mol. The molecule has 1 aliphatic carbocycles. The maximum Gasteiger partial charge on any atom is 0.416 e. The lowest BCUT2D eigenvalue weighted by atomic mass is 9.97. The molecule has 1 aliphatic rings. The number of fused-ring (bicyclic) bond motifs is 3. The first kappa shape index (κ1) is 17.6. The molecule has 136 valence electrons. The summed E-state index contributed by atoms with van der Waals surface area (Å²) < 4.78 is 39.0. The fraction of sp³-hybridized carbons (Fsp3) is 0.333. The fourth-order valence-electron chi connectivity index (χ4n) is 3.23. The van der Waals surface area contributed by atoms with Crippen molar-refractivity contribution in [2.45, 2.75) is 37.0 Å². The molecule has 0 aliphatic heterocycles. The molecule has 0 fully saturated rings. The highest BCUT2D eigenvalue weighted by molar-refractivity contribution is 7.98. The molecule has 3 aromatic rings. The summed E-state index contributed by atoms with van der Waals surface area (Å²) in [5.41, 5.74) is 0.950. The third-order valence-electron chi connectivity index (χ3n) is 4.43. The van der Waals surface area contributed by atoms with E-state index in [2.05, 4.69) is 15.3 Å². The predicted octanol–water partition coefficient (Wildman–Crippen LogP) is 6.05. The summed E-state index contributed by atoms with van der Waals surface area (Å²) >= 11 is 3.10. The Hall–Kier alpha value is -1.80. The van der Waals surface area contributed by atoms with Gasteiger partial charge in [0.2, 0.25) is 0 Å². The average molecular weight is 395 g/mol. The van der Waals surface area contributed by atoms with Crippen molar-refractivity contribution in [2.75, 3.05) is 11.6 Å². The number of hydrogen-bond donors (Lipinski definition) is 1. The summed E-state index contributed by atoms with van der Waals surface area (Å²) in [7, 11) is 0. The summed E-state index contributed by atoms with van der Waals surface area (Å²) in [6, 6.07) is 5.22. The summed E-state index contributed by atoms with van der Waals surface area (Å²) in [6.07, 6.45) is 1.81. The summed E-state index contributed by atoms with van der Waals surface area (Å²) in [5.74, 6) is 0.595. The number of thioether (sulfide) groups is 1. The number of nitrogens with zero attached hydrogens (tertiary/aromatic N) is 2. The quantitative estimate of drug-likeness (QED) is 0.432. The molecule has 0 saturated heterocycles. The summed E-state index contributed by atoms with van der Waals surface area (Å²) in [4.78, 5) is 11.4. The number of thiophene rings is 1. The van der Waals surface area contributed by atoms with Gasteiger partial charge in [0.25, 0.3) is 0 Å². The van der Waals surface area contributed by atoms with Crippen LogP contribution in [0.5, 0.6) is 0 Å². The van der Waals surface area contributed by atoms with Gasteiger partial charge in [-0.2, -0.15) is 13.2 Å². The molecule has 1 aromatic carbocycles. The molecule has 4 rings (SSSR count). The van der Waals surface area contributed by atoms with Gasteiger partial charge in [-0.1, -0.05) is 17.8 Å². The molecule has 1 N–H and O–H groups in total. The highest BCUT2D eigenvalue weighted by Gasteiger charge is 2.30. The number of anilines is 2. The zero-order chi connectivity index (χ0) is 18.3. The molecule has 0 saturated carbocycles. The number of aromatic nitrogens is 2. The van der Waals surface area contributed by atoms with Crippen LogP contribution in [0.15, 0.2) is 29.4 Å².